The van der Waals surface area contributed by atoms with Gasteiger partial charge in [0.2, 0.25) is 0 Å². The highest BCUT2D eigenvalue weighted by Gasteiger charge is 2.28. The van der Waals surface area contributed by atoms with Crippen molar-refractivity contribution >= 4 is 46.9 Å². The first-order valence-electron chi connectivity index (χ1n) is 9.32. The van der Waals surface area contributed by atoms with Gasteiger partial charge in [0.05, 0.1) is 43.2 Å². The highest BCUT2D eigenvalue weighted by atomic mass is 35.5. The molecule has 162 valence electrons. The summed E-state index contributed by atoms with van der Waals surface area (Å²) in [7, 11) is 2.44. The molecule has 1 aliphatic rings. The number of carbonyl (C=O) groups is 3. The lowest BCUT2D eigenvalue weighted by molar-refractivity contribution is -0.139. The first kappa shape index (κ1) is 22.1. The van der Waals surface area contributed by atoms with E-state index in [1.807, 2.05) is 12.1 Å². The van der Waals surface area contributed by atoms with Gasteiger partial charge in [-0.05, 0) is 36.6 Å². The normalized spacial score (nSPS) is 14.4. The number of carbonyl (C=O) groups excluding carboxylic acids is 3. The molecule has 10 heteroatoms. The van der Waals surface area contributed by atoms with Crippen LogP contribution in [0.1, 0.15) is 33.6 Å². The molecule has 9 nitrogen and oxygen atoms in total. The minimum absolute atomic E-state index is 0.0583. The van der Waals surface area contributed by atoms with Crippen LogP contribution in [-0.2, 0) is 31.9 Å². The molecule has 4 N–H and O–H groups in total. The molecular formula is C21H21ClN4O5. The molecule has 0 bridgehead atoms. The minimum Gasteiger partial charge on any atom is -0.469 e. The van der Waals surface area contributed by atoms with E-state index < -0.39 is 17.8 Å². The number of anilines is 1. The zero-order valence-electron chi connectivity index (χ0n) is 17.0. The maximum absolute atomic E-state index is 12.4. The van der Waals surface area contributed by atoms with Crippen molar-refractivity contribution < 1.29 is 23.9 Å². The second-order valence-corrected chi connectivity index (χ2v) is 7.13. The number of esters is 2. The number of hydrogen-bond acceptors (Lipinski definition) is 7. The molecule has 0 saturated carbocycles. The van der Waals surface area contributed by atoms with Gasteiger partial charge >= 0.3 is 11.9 Å². The third kappa shape index (κ3) is 4.95. The smallest absolute Gasteiger partial charge is 0.340 e. The highest BCUT2D eigenvalue weighted by Crippen LogP contribution is 2.28. The molecule has 3 rings (SSSR count). The van der Waals surface area contributed by atoms with E-state index in [2.05, 4.69) is 20.2 Å². The Morgan fingerprint density at radius 1 is 1.16 bits per heavy atom. The lowest BCUT2D eigenvalue weighted by Gasteiger charge is -2.05. The summed E-state index contributed by atoms with van der Waals surface area (Å²) in [6, 6.07) is 7.42. The number of ether oxygens (including phenoxy) is 2. The van der Waals surface area contributed by atoms with Crippen LogP contribution in [0.3, 0.4) is 0 Å². The first-order valence-corrected chi connectivity index (χ1v) is 9.70. The van der Waals surface area contributed by atoms with Gasteiger partial charge in [0, 0.05) is 11.3 Å². The van der Waals surface area contributed by atoms with E-state index in [-0.39, 0.29) is 34.0 Å². The maximum atomic E-state index is 12.4. The SMILES string of the molecule is COC(=O)Cc1c(Cl)[nH]c(C=C2C(=O)NN=C2CCc2ccc(N)cc2)c1C(=O)OC. The number of aromatic nitrogens is 1. The van der Waals surface area contributed by atoms with Crippen molar-refractivity contribution in [2.45, 2.75) is 19.3 Å². The molecule has 0 aliphatic carbocycles. The molecule has 0 fully saturated rings. The number of amides is 1. The number of nitrogen functional groups attached to an aromatic ring is 1. The average molecular weight is 445 g/mol. The van der Waals surface area contributed by atoms with Crippen LogP contribution in [0.15, 0.2) is 34.9 Å². The molecular weight excluding hydrogens is 424 g/mol. The fourth-order valence-corrected chi connectivity index (χ4v) is 3.42. The zero-order valence-corrected chi connectivity index (χ0v) is 17.7. The Bertz CT molecular complexity index is 1090. The first-order chi connectivity index (χ1) is 14.8. The average Bonchev–Trinajstić information content (AvgIpc) is 3.26. The molecule has 1 aliphatic heterocycles. The maximum Gasteiger partial charge on any atom is 0.340 e. The zero-order chi connectivity index (χ0) is 22.5. The van der Waals surface area contributed by atoms with Crippen LogP contribution in [0.5, 0.6) is 0 Å². The summed E-state index contributed by atoms with van der Waals surface area (Å²) in [5.41, 5.74) is 11.2. The lowest BCUT2D eigenvalue weighted by Crippen LogP contribution is -2.14. The van der Waals surface area contributed by atoms with E-state index in [0.29, 0.717) is 24.2 Å². The van der Waals surface area contributed by atoms with Crippen molar-refractivity contribution in [2.75, 3.05) is 20.0 Å². The number of hydrogen-bond donors (Lipinski definition) is 3. The number of hydrazone groups is 1. The van der Waals surface area contributed by atoms with E-state index in [9.17, 15) is 14.4 Å². The number of nitrogens with one attached hydrogen (secondary N) is 2. The molecule has 1 aromatic carbocycles. The van der Waals surface area contributed by atoms with Crippen molar-refractivity contribution in [2.24, 2.45) is 5.10 Å². The number of nitrogens with two attached hydrogens (primary N) is 1. The number of H-pyrrole nitrogens is 1. The van der Waals surface area contributed by atoms with Gasteiger partial charge in [0.15, 0.2) is 0 Å². The molecule has 1 aromatic heterocycles. The van der Waals surface area contributed by atoms with Gasteiger partial charge in [-0.1, -0.05) is 23.7 Å². The van der Waals surface area contributed by atoms with Gasteiger partial charge in [-0.3, -0.25) is 9.59 Å². The molecule has 0 atom stereocenters. The molecule has 0 spiro atoms. The quantitative estimate of drug-likeness (QED) is 0.340. The van der Waals surface area contributed by atoms with Crippen molar-refractivity contribution in [1.29, 1.82) is 0 Å². The summed E-state index contributed by atoms with van der Waals surface area (Å²) in [5, 5.41) is 4.18. The molecule has 31 heavy (non-hydrogen) atoms. The van der Waals surface area contributed by atoms with Crippen molar-refractivity contribution in [3.63, 3.8) is 0 Å². The van der Waals surface area contributed by atoms with Crippen LogP contribution in [-0.4, -0.2) is 42.8 Å². The second kappa shape index (κ2) is 9.48. The molecule has 1 amide bonds. The van der Waals surface area contributed by atoms with Crippen molar-refractivity contribution in [3.05, 3.63) is 57.4 Å². The number of methoxy groups -OCH3 is 2. The Morgan fingerprint density at radius 3 is 2.52 bits per heavy atom. The number of halogens is 1. The number of rotatable bonds is 7. The monoisotopic (exact) mass is 444 g/mol. The van der Waals surface area contributed by atoms with Gasteiger partial charge in [-0.25, -0.2) is 10.2 Å². The molecule has 0 radical (unpaired) electrons. The molecule has 0 saturated heterocycles. The Kier molecular flexibility index (Phi) is 6.76. The van der Waals surface area contributed by atoms with Gasteiger partial charge in [-0.15, -0.1) is 0 Å². The molecule has 2 aromatic rings. The van der Waals surface area contributed by atoms with Crippen LogP contribution in [0.2, 0.25) is 5.15 Å². The molecule has 2 heterocycles. The third-order valence-corrected chi connectivity index (χ3v) is 5.11. The predicted molar refractivity (Wildman–Crippen MR) is 116 cm³/mol. The summed E-state index contributed by atoms with van der Waals surface area (Å²) in [6.45, 7) is 0. The van der Waals surface area contributed by atoms with Gasteiger partial charge in [0.1, 0.15) is 5.15 Å². The van der Waals surface area contributed by atoms with Gasteiger partial charge < -0.3 is 20.2 Å². The van der Waals surface area contributed by atoms with Gasteiger partial charge in [0.25, 0.3) is 5.91 Å². The highest BCUT2D eigenvalue weighted by molar-refractivity contribution is 6.32. The van der Waals surface area contributed by atoms with Crippen molar-refractivity contribution in [1.82, 2.24) is 10.4 Å². The summed E-state index contributed by atoms with van der Waals surface area (Å²) >= 11 is 6.22. The largest absolute Gasteiger partial charge is 0.469 e. The number of aromatic amines is 1. The lowest BCUT2D eigenvalue weighted by atomic mass is 10.00. The second-order valence-electron chi connectivity index (χ2n) is 6.75. The standard InChI is InChI=1S/C21H21ClN4O5/c1-30-17(27)10-14-18(21(29)31-2)16(24-19(14)22)9-13-15(25-26-20(13)28)8-5-11-3-6-12(23)7-4-11/h3-4,6-7,9,24H,5,8,10,23H2,1-2H3,(H,26,28). The van der Waals surface area contributed by atoms with E-state index in [0.717, 1.165) is 5.56 Å². The summed E-state index contributed by atoms with van der Waals surface area (Å²) in [5.74, 6) is -1.69. The van der Waals surface area contributed by atoms with E-state index in [1.54, 1.807) is 12.1 Å². The van der Waals surface area contributed by atoms with Crippen LogP contribution < -0.4 is 11.2 Å². The van der Waals surface area contributed by atoms with Crippen LogP contribution >= 0.6 is 11.6 Å². The van der Waals surface area contributed by atoms with E-state index in [1.165, 1.54) is 20.3 Å². The van der Waals surface area contributed by atoms with E-state index in [4.69, 9.17) is 22.1 Å². The fourth-order valence-electron chi connectivity index (χ4n) is 3.16. The summed E-state index contributed by atoms with van der Waals surface area (Å²) in [6.07, 6.45) is 2.35. The Labute approximate surface area is 183 Å². The Balaban J connectivity index is 1.92. The predicted octanol–water partition coefficient (Wildman–Crippen LogP) is 2.25. The Morgan fingerprint density at radius 2 is 1.87 bits per heavy atom. The van der Waals surface area contributed by atoms with Crippen molar-refractivity contribution in [3.8, 4) is 0 Å². The van der Waals surface area contributed by atoms with Crippen LogP contribution in [0.4, 0.5) is 5.69 Å². The van der Waals surface area contributed by atoms with Gasteiger partial charge in [-0.2, -0.15) is 5.10 Å². The number of nitrogens with zero attached hydrogens (tertiary/aromatic N) is 1. The molecule has 0 unspecified atom stereocenters. The van der Waals surface area contributed by atoms with E-state index >= 15 is 0 Å². The fraction of sp³-hybridized carbons (Fsp3) is 0.238. The summed E-state index contributed by atoms with van der Waals surface area (Å²) in [4.78, 5) is 39.3. The summed E-state index contributed by atoms with van der Waals surface area (Å²) < 4.78 is 9.50. The number of benzene rings is 1. The Hall–Kier alpha value is -3.59. The van der Waals surface area contributed by atoms with Crippen LogP contribution in [0, 0.1) is 0 Å². The number of aryl methyl sites for hydroxylation is 1. The topological polar surface area (TPSA) is 136 Å². The van der Waals surface area contributed by atoms with Crippen LogP contribution in [0.25, 0.3) is 6.08 Å². The minimum atomic E-state index is -0.701. The third-order valence-electron chi connectivity index (χ3n) is 4.79.